The molecule has 2 fully saturated rings. The molecular weight excluding hydrogens is 604 g/mol. The number of nitrogens with zero attached hydrogens (tertiary/aromatic N) is 4. The van der Waals surface area contributed by atoms with Crippen molar-refractivity contribution in [2.45, 2.75) is 38.6 Å². The summed E-state index contributed by atoms with van der Waals surface area (Å²) in [5.74, 6) is -5.71. The summed E-state index contributed by atoms with van der Waals surface area (Å²) in [6.45, 7) is 3.20. The monoisotopic (exact) mass is 637 g/mol. The Morgan fingerprint density at radius 1 is 1.00 bits per heavy atom. The lowest BCUT2D eigenvalue weighted by molar-refractivity contribution is -0.274. The normalized spacial score (nSPS) is 19.1. The molecule has 0 spiro atoms. The number of halogens is 6. The predicted octanol–water partition coefficient (Wildman–Crippen LogP) is 4.96. The molecule has 5 rings (SSSR count). The highest BCUT2D eigenvalue weighted by atomic mass is 19.4. The van der Waals surface area contributed by atoms with E-state index in [1.165, 1.54) is 29.9 Å². The van der Waals surface area contributed by atoms with Crippen molar-refractivity contribution in [3.05, 3.63) is 75.5 Å². The Hall–Kier alpha value is -4.20. The average molecular weight is 638 g/mol. The molecule has 45 heavy (non-hydrogen) atoms. The molecule has 1 amide bonds. The van der Waals surface area contributed by atoms with Gasteiger partial charge in [-0.3, -0.25) is 14.5 Å². The number of nitrogen functional groups attached to an aromatic ring is 1. The van der Waals surface area contributed by atoms with Crippen LogP contribution in [0, 0.1) is 19.7 Å². The number of piperidine rings is 1. The van der Waals surface area contributed by atoms with E-state index in [2.05, 4.69) is 4.74 Å². The number of aromatic nitrogens is 1. The van der Waals surface area contributed by atoms with Crippen molar-refractivity contribution in [1.29, 1.82) is 0 Å². The highest BCUT2D eigenvalue weighted by molar-refractivity contribution is 5.98. The lowest BCUT2D eigenvalue weighted by Gasteiger charge is -2.46. The Bertz CT molecular complexity index is 1670. The maximum Gasteiger partial charge on any atom is 0.573 e. The van der Waals surface area contributed by atoms with Crippen LogP contribution in [0.3, 0.4) is 0 Å². The third kappa shape index (κ3) is 6.60. The van der Waals surface area contributed by atoms with Crippen LogP contribution in [0.25, 0.3) is 11.1 Å². The molecule has 3 heterocycles. The predicted molar refractivity (Wildman–Crippen MR) is 157 cm³/mol. The summed E-state index contributed by atoms with van der Waals surface area (Å²) in [5.41, 5.74) is 7.09. The number of benzene rings is 2. The van der Waals surface area contributed by atoms with Crippen LogP contribution in [-0.4, -0.2) is 77.9 Å². The first-order chi connectivity index (χ1) is 21.1. The molecule has 0 radical (unpaired) electrons. The Morgan fingerprint density at radius 2 is 1.69 bits per heavy atom. The third-order valence-electron chi connectivity index (χ3n) is 8.60. The fourth-order valence-corrected chi connectivity index (χ4v) is 6.12. The standard InChI is InChI=1S/C31H33F6N5O3/c1-18-19(2)28(43)39(3)16-23(18)20-4-6-22(26(14-20)45-31(35,36)37)29(44)42-9-8-27(30(33,34)17-42)41-12-10-40(11-13-41)25-7-5-21(38)15-24(25)32/h4-7,14-16,27H,8-13,17,38H2,1-3H3. The van der Waals surface area contributed by atoms with E-state index in [0.717, 1.165) is 17.0 Å². The average Bonchev–Trinajstić information content (AvgIpc) is 2.96. The van der Waals surface area contributed by atoms with Crippen molar-refractivity contribution in [3.8, 4) is 16.9 Å². The molecular formula is C31H33F6N5O3. The number of hydrogen-bond donors (Lipinski definition) is 1. The van der Waals surface area contributed by atoms with Crippen LogP contribution < -0.4 is 20.9 Å². The lowest BCUT2D eigenvalue weighted by Crippen LogP contribution is -2.62. The molecule has 14 heteroatoms. The Kier molecular flexibility index (Phi) is 8.55. The number of piperazine rings is 1. The molecule has 0 aliphatic carbocycles. The van der Waals surface area contributed by atoms with Gasteiger partial charge in [-0.25, -0.2) is 13.2 Å². The van der Waals surface area contributed by atoms with Crippen LogP contribution >= 0.6 is 0 Å². The van der Waals surface area contributed by atoms with Crippen LogP contribution in [0.5, 0.6) is 5.75 Å². The number of aryl methyl sites for hydroxylation is 1. The Morgan fingerprint density at radius 3 is 2.31 bits per heavy atom. The van der Waals surface area contributed by atoms with Gasteiger partial charge in [-0.15, -0.1) is 13.2 Å². The maximum absolute atomic E-state index is 15.6. The van der Waals surface area contributed by atoms with Crippen molar-refractivity contribution in [1.82, 2.24) is 14.4 Å². The molecule has 2 N–H and O–H groups in total. The van der Waals surface area contributed by atoms with Gasteiger partial charge in [-0.05, 0) is 61.7 Å². The van der Waals surface area contributed by atoms with Gasteiger partial charge < -0.3 is 24.8 Å². The van der Waals surface area contributed by atoms with Crippen molar-refractivity contribution in [3.63, 3.8) is 0 Å². The van der Waals surface area contributed by atoms with Gasteiger partial charge in [0.15, 0.2) is 0 Å². The quantitative estimate of drug-likeness (QED) is 0.315. The number of pyridine rings is 1. The summed E-state index contributed by atoms with van der Waals surface area (Å²) in [6, 6.07) is 6.67. The van der Waals surface area contributed by atoms with E-state index in [-0.39, 0.29) is 42.9 Å². The summed E-state index contributed by atoms with van der Waals surface area (Å²) < 4.78 is 91.3. The molecule has 3 aromatic rings. The van der Waals surface area contributed by atoms with Crippen molar-refractivity contribution in [2.24, 2.45) is 7.05 Å². The van der Waals surface area contributed by atoms with E-state index < -0.39 is 47.9 Å². The molecule has 1 aromatic heterocycles. The summed E-state index contributed by atoms with van der Waals surface area (Å²) in [6.07, 6.45) is -3.80. The molecule has 0 saturated carbocycles. The second-order valence-electron chi connectivity index (χ2n) is 11.5. The molecule has 2 aliphatic heterocycles. The smallest absolute Gasteiger partial charge is 0.405 e. The van der Waals surface area contributed by atoms with Gasteiger partial charge in [-0.2, -0.15) is 0 Å². The highest BCUT2D eigenvalue weighted by Crippen LogP contribution is 2.37. The molecule has 2 aromatic carbocycles. The third-order valence-corrected chi connectivity index (χ3v) is 8.60. The van der Waals surface area contributed by atoms with Crippen molar-refractivity contribution >= 4 is 17.3 Å². The number of nitrogens with two attached hydrogens (primary N) is 1. The van der Waals surface area contributed by atoms with E-state index in [1.54, 1.807) is 35.8 Å². The Balaban J connectivity index is 1.33. The van der Waals surface area contributed by atoms with Crippen LogP contribution in [0.2, 0.25) is 0 Å². The summed E-state index contributed by atoms with van der Waals surface area (Å²) in [5, 5.41) is 0. The molecule has 2 saturated heterocycles. The lowest BCUT2D eigenvalue weighted by atomic mass is 9.96. The van der Waals surface area contributed by atoms with Gasteiger partial charge in [0.2, 0.25) is 0 Å². The van der Waals surface area contributed by atoms with E-state index in [9.17, 15) is 27.2 Å². The maximum atomic E-state index is 15.6. The summed E-state index contributed by atoms with van der Waals surface area (Å²) in [7, 11) is 1.51. The minimum atomic E-state index is -5.16. The number of alkyl halides is 5. The molecule has 8 nitrogen and oxygen atoms in total. The van der Waals surface area contributed by atoms with Gasteiger partial charge in [0.25, 0.3) is 17.4 Å². The van der Waals surface area contributed by atoms with E-state index in [1.807, 2.05) is 0 Å². The fourth-order valence-electron chi connectivity index (χ4n) is 6.12. The van der Waals surface area contributed by atoms with Crippen LogP contribution in [-0.2, 0) is 7.05 Å². The topological polar surface area (TPSA) is 84.0 Å². The van der Waals surface area contributed by atoms with Crippen molar-refractivity contribution < 1.29 is 35.9 Å². The minimum absolute atomic E-state index is 0.112. The zero-order valence-electron chi connectivity index (χ0n) is 24.9. The number of likely N-dealkylation sites (tertiary alicyclic amines) is 1. The summed E-state index contributed by atoms with van der Waals surface area (Å²) in [4.78, 5) is 29.9. The number of ether oxygens (including phenoxy) is 1. The first kappa shape index (κ1) is 32.2. The van der Waals surface area contributed by atoms with Gasteiger partial charge in [0.1, 0.15) is 11.6 Å². The summed E-state index contributed by atoms with van der Waals surface area (Å²) >= 11 is 0. The van der Waals surface area contributed by atoms with Gasteiger partial charge in [0.05, 0.1) is 23.8 Å². The van der Waals surface area contributed by atoms with Crippen LogP contribution in [0.1, 0.15) is 27.9 Å². The van der Waals surface area contributed by atoms with E-state index >= 15 is 8.78 Å². The van der Waals surface area contributed by atoms with Gasteiger partial charge in [0, 0.05) is 62.8 Å². The van der Waals surface area contributed by atoms with Gasteiger partial charge >= 0.3 is 6.36 Å². The van der Waals surface area contributed by atoms with Gasteiger partial charge in [-0.1, -0.05) is 6.07 Å². The molecule has 1 unspecified atom stereocenters. The fraction of sp³-hybridized carbons (Fsp3) is 0.419. The molecule has 2 aliphatic rings. The minimum Gasteiger partial charge on any atom is -0.405 e. The first-order valence-corrected chi connectivity index (χ1v) is 14.3. The largest absolute Gasteiger partial charge is 0.573 e. The van der Waals surface area contributed by atoms with E-state index in [0.29, 0.717) is 35.5 Å². The number of carbonyl (C=O) groups is 1. The number of rotatable bonds is 5. The number of anilines is 2. The highest BCUT2D eigenvalue weighted by Gasteiger charge is 2.49. The SMILES string of the molecule is Cc1c(-c2ccc(C(=O)N3CCC(N4CCN(c5ccc(N)cc5F)CC4)C(F)(F)C3)c(OC(F)(F)F)c2)cn(C)c(=O)c1C. The second kappa shape index (κ2) is 12.0. The first-order valence-electron chi connectivity index (χ1n) is 14.3. The number of amides is 1. The number of hydrogen-bond acceptors (Lipinski definition) is 6. The molecule has 0 bridgehead atoms. The van der Waals surface area contributed by atoms with Crippen molar-refractivity contribution in [2.75, 3.05) is 49.9 Å². The molecule has 242 valence electrons. The van der Waals surface area contributed by atoms with E-state index in [4.69, 9.17) is 5.73 Å². The zero-order chi connectivity index (χ0) is 32.8. The Labute approximate surface area is 255 Å². The zero-order valence-corrected chi connectivity index (χ0v) is 24.9. The second-order valence-corrected chi connectivity index (χ2v) is 11.5. The van der Waals surface area contributed by atoms with Crippen LogP contribution in [0.4, 0.5) is 37.7 Å². The molecule has 1 atom stereocenters. The van der Waals surface area contributed by atoms with Crippen LogP contribution in [0.15, 0.2) is 47.4 Å². The number of carbonyl (C=O) groups excluding carboxylic acids is 1.